The minimum absolute atomic E-state index is 0.339. The van der Waals surface area contributed by atoms with Crippen LogP contribution in [0.4, 0.5) is 0 Å². The van der Waals surface area contributed by atoms with E-state index in [1.807, 2.05) is 13.8 Å². The topological polar surface area (TPSA) is 65.7 Å². The van der Waals surface area contributed by atoms with Gasteiger partial charge >= 0.3 is 5.69 Å². The molecular weight excluding hydrogens is 156 g/mol. The Hall–Kier alpha value is -1.32. The average Bonchev–Trinajstić information content (AvgIpc) is 1.81. The zero-order valence-corrected chi connectivity index (χ0v) is 7.18. The van der Waals surface area contributed by atoms with Crippen LogP contribution in [0.2, 0.25) is 0 Å². The lowest BCUT2D eigenvalue weighted by Crippen LogP contribution is -2.23. The standard InChI is InChI=1S/C8H12N2O2/c1-5(2)3-6-4-7(11)10-8(12)9-6/h4-5H,3H2,1-2H3,(H2,9,10,11,12). The molecule has 4 nitrogen and oxygen atoms in total. The summed E-state index contributed by atoms with van der Waals surface area (Å²) in [6.07, 6.45) is 0.721. The summed E-state index contributed by atoms with van der Waals surface area (Å²) in [6, 6.07) is 1.42. The van der Waals surface area contributed by atoms with Gasteiger partial charge in [0.15, 0.2) is 0 Å². The lowest BCUT2D eigenvalue weighted by molar-refractivity contribution is 0.631. The van der Waals surface area contributed by atoms with Crippen molar-refractivity contribution in [2.24, 2.45) is 5.92 Å². The van der Waals surface area contributed by atoms with E-state index >= 15 is 0 Å². The van der Waals surface area contributed by atoms with E-state index in [9.17, 15) is 9.59 Å². The average molecular weight is 168 g/mol. The van der Waals surface area contributed by atoms with E-state index < -0.39 is 5.69 Å². The molecule has 2 N–H and O–H groups in total. The van der Waals surface area contributed by atoms with Crippen LogP contribution in [0.25, 0.3) is 0 Å². The van der Waals surface area contributed by atoms with Crippen LogP contribution in [-0.4, -0.2) is 9.97 Å². The molecule has 0 aliphatic heterocycles. The van der Waals surface area contributed by atoms with Crippen molar-refractivity contribution >= 4 is 0 Å². The third-order valence-electron chi connectivity index (χ3n) is 1.44. The van der Waals surface area contributed by atoms with Crippen LogP contribution in [0.1, 0.15) is 19.5 Å². The molecule has 0 unspecified atom stereocenters. The highest BCUT2D eigenvalue weighted by atomic mass is 16.2. The molecule has 0 aliphatic carbocycles. The summed E-state index contributed by atoms with van der Waals surface area (Å²) in [6.45, 7) is 4.05. The van der Waals surface area contributed by atoms with Crippen LogP contribution in [0.3, 0.4) is 0 Å². The van der Waals surface area contributed by atoms with E-state index in [1.165, 1.54) is 6.07 Å². The lowest BCUT2D eigenvalue weighted by Gasteiger charge is -2.02. The van der Waals surface area contributed by atoms with Gasteiger partial charge in [-0.15, -0.1) is 0 Å². The Bertz CT molecular complexity index is 334. The molecule has 0 bridgehead atoms. The first-order valence-electron chi connectivity index (χ1n) is 3.90. The van der Waals surface area contributed by atoms with Crippen LogP contribution in [-0.2, 0) is 6.42 Å². The predicted octanol–water partition coefficient (Wildman–Crippen LogP) is 0.262. The largest absolute Gasteiger partial charge is 0.325 e. The first-order chi connectivity index (χ1) is 5.58. The Morgan fingerprint density at radius 3 is 2.50 bits per heavy atom. The number of aromatic nitrogens is 2. The van der Waals surface area contributed by atoms with Crippen LogP contribution >= 0.6 is 0 Å². The van der Waals surface area contributed by atoms with Crippen molar-refractivity contribution in [1.29, 1.82) is 0 Å². The number of nitrogens with one attached hydrogen (secondary N) is 2. The smallest absolute Gasteiger partial charge is 0.311 e. The Labute approximate surface area is 69.7 Å². The minimum atomic E-state index is -0.432. The normalized spacial score (nSPS) is 10.6. The number of H-pyrrole nitrogens is 2. The molecule has 4 heteroatoms. The van der Waals surface area contributed by atoms with E-state index in [2.05, 4.69) is 9.97 Å². The molecule has 12 heavy (non-hydrogen) atoms. The van der Waals surface area contributed by atoms with Gasteiger partial charge < -0.3 is 4.98 Å². The van der Waals surface area contributed by atoms with Crippen molar-refractivity contribution in [2.45, 2.75) is 20.3 Å². The summed E-state index contributed by atoms with van der Waals surface area (Å²) in [5, 5.41) is 0. The quantitative estimate of drug-likeness (QED) is 0.665. The lowest BCUT2D eigenvalue weighted by atomic mass is 10.1. The van der Waals surface area contributed by atoms with Gasteiger partial charge in [0, 0.05) is 11.8 Å². The maximum absolute atomic E-state index is 10.8. The molecule has 0 fully saturated rings. The van der Waals surface area contributed by atoms with Gasteiger partial charge in [0.2, 0.25) is 0 Å². The number of hydrogen-bond acceptors (Lipinski definition) is 2. The molecular formula is C8H12N2O2. The molecule has 1 rings (SSSR count). The fraction of sp³-hybridized carbons (Fsp3) is 0.500. The van der Waals surface area contributed by atoms with Crippen LogP contribution in [0.5, 0.6) is 0 Å². The summed E-state index contributed by atoms with van der Waals surface area (Å²) in [5.74, 6) is 0.433. The Morgan fingerprint density at radius 2 is 2.00 bits per heavy atom. The van der Waals surface area contributed by atoms with Gasteiger partial charge in [-0.3, -0.25) is 9.78 Å². The van der Waals surface area contributed by atoms with Gasteiger partial charge in [-0.05, 0) is 12.3 Å². The molecule has 1 aromatic rings. The molecule has 0 atom stereocenters. The van der Waals surface area contributed by atoms with E-state index in [0.717, 1.165) is 6.42 Å². The highest BCUT2D eigenvalue weighted by Crippen LogP contribution is 1.99. The third kappa shape index (κ3) is 2.38. The second-order valence-corrected chi connectivity index (χ2v) is 3.21. The second kappa shape index (κ2) is 3.38. The van der Waals surface area contributed by atoms with E-state index in [4.69, 9.17) is 0 Å². The summed E-state index contributed by atoms with van der Waals surface area (Å²) in [7, 11) is 0. The van der Waals surface area contributed by atoms with Gasteiger partial charge in [-0.25, -0.2) is 4.79 Å². The highest BCUT2D eigenvalue weighted by molar-refractivity contribution is 4.98. The van der Waals surface area contributed by atoms with Crippen molar-refractivity contribution in [3.63, 3.8) is 0 Å². The summed E-state index contributed by atoms with van der Waals surface area (Å²) >= 11 is 0. The van der Waals surface area contributed by atoms with E-state index in [-0.39, 0.29) is 5.56 Å². The predicted molar refractivity (Wildman–Crippen MR) is 46.2 cm³/mol. The molecule has 0 amide bonds. The van der Waals surface area contributed by atoms with E-state index in [0.29, 0.717) is 11.6 Å². The van der Waals surface area contributed by atoms with Crippen LogP contribution in [0, 0.1) is 5.92 Å². The van der Waals surface area contributed by atoms with Gasteiger partial charge in [-0.1, -0.05) is 13.8 Å². The van der Waals surface area contributed by atoms with Gasteiger partial charge in [0.1, 0.15) is 0 Å². The third-order valence-corrected chi connectivity index (χ3v) is 1.44. The fourth-order valence-corrected chi connectivity index (χ4v) is 1.07. The van der Waals surface area contributed by atoms with Gasteiger partial charge in [0.25, 0.3) is 5.56 Å². The van der Waals surface area contributed by atoms with Crippen molar-refractivity contribution in [3.8, 4) is 0 Å². The molecule has 0 aromatic carbocycles. The van der Waals surface area contributed by atoms with E-state index in [1.54, 1.807) is 0 Å². The Balaban J connectivity index is 3.01. The molecule has 0 aliphatic rings. The maximum Gasteiger partial charge on any atom is 0.325 e. The van der Waals surface area contributed by atoms with Gasteiger partial charge in [-0.2, -0.15) is 0 Å². The minimum Gasteiger partial charge on any atom is -0.311 e. The zero-order valence-electron chi connectivity index (χ0n) is 7.18. The van der Waals surface area contributed by atoms with Crippen LogP contribution < -0.4 is 11.2 Å². The molecule has 0 spiro atoms. The first kappa shape index (κ1) is 8.77. The zero-order chi connectivity index (χ0) is 9.14. The Kier molecular flexibility index (Phi) is 2.47. The SMILES string of the molecule is CC(C)Cc1cc(=O)[nH]c(=O)[nH]1. The van der Waals surface area contributed by atoms with Crippen molar-refractivity contribution in [1.82, 2.24) is 9.97 Å². The van der Waals surface area contributed by atoms with Crippen molar-refractivity contribution in [3.05, 3.63) is 32.6 Å². The molecule has 0 saturated heterocycles. The fourth-order valence-electron chi connectivity index (χ4n) is 1.07. The first-order valence-corrected chi connectivity index (χ1v) is 3.90. The van der Waals surface area contributed by atoms with Crippen molar-refractivity contribution in [2.75, 3.05) is 0 Å². The molecule has 1 aromatic heterocycles. The molecule has 66 valence electrons. The summed E-state index contributed by atoms with van der Waals surface area (Å²) in [4.78, 5) is 26.3. The highest BCUT2D eigenvalue weighted by Gasteiger charge is 1.99. The number of aromatic amines is 2. The Morgan fingerprint density at radius 1 is 1.33 bits per heavy atom. The van der Waals surface area contributed by atoms with Crippen molar-refractivity contribution < 1.29 is 0 Å². The maximum atomic E-state index is 10.8. The number of hydrogen-bond donors (Lipinski definition) is 2. The monoisotopic (exact) mass is 168 g/mol. The molecule has 0 radical (unpaired) electrons. The number of rotatable bonds is 2. The van der Waals surface area contributed by atoms with Crippen LogP contribution in [0.15, 0.2) is 15.7 Å². The second-order valence-electron chi connectivity index (χ2n) is 3.21. The molecule has 0 saturated carbocycles. The molecule has 1 heterocycles. The summed E-state index contributed by atoms with van der Waals surface area (Å²) < 4.78 is 0. The van der Waals surface area contributed by atoms with Gasteiger partial charge in [0.05, 0.1) is 0 Å². The summed E-state index contributed by atoms with van der Waals surface area (Å²) in [5.41, 5.74) is -0.0775.